The molecule has 1 amide bonds. The van der Waals surface area contributed by atoms with Crippen LogP contribution < -0.4 is 19.5 Å². The van der Waals surface area contributed by atoms with Crippen LogP contribution in [0.25, 0.3) is 38.5 Å². The molecule has 0 saturated carbocycles. The van der Waals surface area contributed by atoms with Gasteiger partial charge in [-0.1, -0.05) is 45.9 Å². The Kier molecular flexibility index (Phi) is 17.5. The largest absolute Gasteiger partial charge is 0.609 e. The van der Waals surface area contributed by atoms with Crippen LogP contribution in [0.5, 0.6) is 28.7 Å². The first kappa shape index (κ1) is 59.4. The van der Waals surface area contributed by atoms with Crippen LogP contribution in [0.1, 0.15) is 86.8 Å². The van der Waals surface area contributed by atoms with Gasteiger partial charge >= 0.3 is 16.9 Å². The molecule has 0 saturated heterocycles. The van der Waals surface area contributed by atoms with Crippen molar-refractivity contribution in [3.05, 3.63) is 112 Å². The number of aryl methyl sites for hydroxylation is 2. The number of carbonyl (C=O) groups is 3. The number of aliphatic hydroxyl groups excluding tert-OH is 2. The third-order valence-electron chi connectivity index (χ3n) is 15.4. The van der Waals surface area contributed by atoms with Gasteiger partial charge in [0.25, 0.3) is 11.7 Å². The van der Waals surface area contributed by atoms with E-state index in [2.05, 4.69) is 20.3 Å². The second-order valence-electron chi connectivity index (χ2n) is 21.1. The predicted octanol–water partition coefficient (Wildman–Crippen LogP) is 9.06. The minimum atomic E-state index is -1.96. The number of rotatable bonds is 7. The van der Waals surface area contributed by atoms with Crippen LogP contribution >= 0.6 is 0 Å². The van der Waals surface area contributed by atoms with Crippen LogP contribution in [0.3, 0.4) is 0 Å². The Morgan fingerprint density at radius 3 is 2.31 bits per heavy atom. The number of carbonyl (C=O) groups excluding carboxylic acids is 3. The number of aromatic nitrogens is 5. The number of nitrogens with one attached hydrogen (secondary N) is 2. The smallest absolute Gasteiger partial charge is 0.322 e. The fourth-order valence-corrected chi connectivity index (χ4v) is 11.7. The van der Waals surface area contributed by atoms with Crippen molar-refractivity contribution in [3.8, 4) is 28.7 Å². The van der Waals surface area contributed by atoms with Crippen molar-refractivity contribution in [2.24, 2.45) is 23.7 Å². The SMILES string of the molecule is CO[C@H]1/C=C/O[C@@]2(C)Oc3c(C)c(O)c4c(O)c(c5c(nc6cc(C)ccn65)c4c3C2=O)NC(=O)/C(C)=C\C=C\[C@H](C)[C@H](O)[C@@H](C)[C@@H](O)[C@@H](C)[C@H](OC(C)=O)[C@@H]1C.COc1ccc2[nH]c([S+]([O-])Cc3ncc(C)c(OC)c3C)nc2c1. The van der Waals surface area contributed by atoms with E-state index in [1.165, 1.54) is 40.2 Å². The molecule has 4 aromatic heterocycles. The Morgan fingerprint density at radius 1 is 0.901 bits per heavy atom. The molecule has 2 aliphatic rings. The third kappa shape index (κ3) is 11.4. The number of H-pyrrole nitrogens is 1. The number of fused-ring (bicyclic) bond motifs is 3. The Morgan fingerprint density at radius 2 is 1.63 bits per heavy atom. The van der Waals surface area contributed by atoms with Crippen LogP contribution in [-0.2, 0) is 40.7 Å². The minimum Gasteiger partial charge on any atom is -0.609 e. The summed E-state index contributed by atoms with van der Waals surface area (Å²) in [6, 6.07) is 9.15. The molecule has 21 heteroatoms. The first-order valence-electron chi connectivity index (χ1n) is 26.4. The summed E-state index contributed by atoms with van der Waals surface area (Å²) in [5, 5.41) is 49.8. The van der Waals surface area contributed by atoms with Crippen molar-refractivity contribution in [3.63, 3.8) is 0 Å². The highest BCUT2D eigenvalue weighted by Gasteiger charge is 2.50. The highest BCUT2D eigenvalue weighted by atomic mass is 32.2. The van der Waals surface area contributed by atoms with Crippen LogP contribution in [0.15, 0.2) is 84.0 Å². The third-order valence-corrected chi connectivity index (χ3v) is 16.6. The summed E-state index contributed by atoms with van der Waals surface area (Å²) >= 11 is -1.33. The number of aliphatic hydroxyl groups is 2. The van der Waals surface area contributed by atoms with Crippen molar-refractivity contribution in [2.75, 3.05) is 26.6 Å². The number of esters is 1. The number of ether oxygens (including phenoxy) is 6. The minimum absolute atomic E-state index is 0.0185. The molecular formula is C60H70N6O14S. The zero-order valence-electron chi connectivity index (χ0n) is 47.8. The van der Waals surface area contributed by atoms with E-state index in [4.69, 9.17) is 33.4 Å². The average Bonchev–Trinajstić information content (AvgIpc) is 4.33. The Bertz CT molecular complexity index is 3680. The number of aromatic hydroxyl groups is 2. The number of hydrogen-bond donors (Lipinski definition) is 6. The molecule has 9 rings (SSSR count). The van der Waals surface area contributed by atoms with Crippen LogP contribution in [0, 0.1) is 51.4 Å². The van der Waals surface area contributed by atoms with Gasteiger partial charge in [-0.3, -0.25) is 28.8 Å². The number of amides is 1. The van der Waals surface area contributed by atoms with Crippen molar-refractivity contribution in [1.29, 1.82) is 0 Å². The number of allylic oxidation sites excluding steroid dienone is 2. The fourth-order valence-electron chi connectivity index (χ4n) is 10.6. The number of benzene rings is 3. The summed E-state index contributed by atoms with van der Waals surface area (Å²) < 4.78 is 48.8. The second kappa shape index (κ2) is 23.8. The molecule has 0 radical (unpaired) electrons. The molecule has 430 valence electrons. The number of Topliss-reactive ketones (excluding diaryl/α,β-unsaturated/α-hetero) is 1. The molecule has 6 N–H and O–H groups in total. The maximum Gasteiger partial charge on any atom is 0.322 e. The molecule has 81 heavy (non-hydrogen) atoms. The molecule has 1 unspecified atom stereocenters. The van der Waals surface area contributed by atoms with Crippen LogP contribution in [0.4, 0.5) is 5.69 Å². The molecule has 7 aromatic rings. The number of imidazole rings is 2. The van der Waals surface area contributed by atoms with E-state index in [-0.39, 0.29) is 61.4 Å². The number of ketones is 1. The van der Waals surface area contributed by atoms with Crippen LogP contribution in [-0.4, -0.2) is 119 Å². The van der Waals surface area contributed by atoms with Crippen molar-refractivity contribution >= 4 is 73.0 Å². The number of anilines is 1. The van der Waals surface area contributed by atoms with Gasteiger partial charge in [0.05, 0.1) is 66.5 Å². The lowest BCUT2D eigenvalue weighted by molar-refractivity contribution is -0.160. The topological polar surface area (TPSA) is 281 Å². The van der Waals surface area contributed by atoms with Gasteiger partial charge in [-0.25, -0.2) is 4.98 Å². The second-order valence-corrected chi connectivity index (χ2v) is 22.4. The Hall–Kier alpha value is -7.69. The quantitative estimate of drug-likeness (QED) is 0.0493. The molecule has 10 atom stereocenters. The van der Waals surface area contributed by atoms with Crippen molar-refractivity contribution < 1.29 is 67.8 Å². The standard InChI is InChI=1S/C43H51N3O11.C17H19N3O3S/c1-19-14-16-46-28(18-19)44-32-29-30-37(50)25(7)40-31(29)41(52)43(9,57-40)55-17-15-27(54-10)22(4)39(56-26(8)47)24(6)36(49)23(5)35(48)20(2)12-11-13-21(3)42(53)45-33(34(32)46)38(30)51;1-10-8-18-15(11(2)16(10)23-4)9-24(21)17-19-13-6-5-12(22-3)7-14(13)20-17/h11-18,20,22-24,27,35-36,39,48-51H,1-10H3,(H,45,53);5-8H,9H2,1-4H3,(H,19,20)/b12-11+,17-15+,21-13-;/t20-,22+,23+,24+,27-,35-,36+,39+,43-;/m0./s1. The van der Waals surface area contributed by atoms with Gasteiger partial charge in [0.15, 0.2) is 11.5 Å². The molecule has 2 aliphatic heterocycles. The molecule has 3 aromatic carbocycles. The zero-order valence-corrected chi connectivity index (χ0v) is 48.6. The van der Waals surface area contributed by atoms with E-state index in [0.717, 1.165) is 39.2 Å². The zero-order chi connectivity index (χ0) is 59.1. The molecule has 0 fully saturated rings. The van der Waals surface area contributed by atoms with E-state index in [1.54, 1.807) is 83.9 Å². The molecule has 6 heterocycles. The highest BCUT2D eigenvalue weighted by Crippen LogP contribution is 2.54. The van der Waals surface area contributed by atoms with E-state index < -0.39 is 88.5 Å². The van der Waals surface area contributed by atoms with Gasteiger partial charge in [0.2, 0.25) is 0 Å². The fraction of sp³-hybridized carbons (Fsp3) is 0.400. The van der Waals surface area contributed by atoms with Gasteiger partial charge in [-0.05, 0) is 70.5 Å². The maximum atomic E-state index is 14.6. The summed E-state index contributed by atoms with van der Waals surface area (Å²) in [4.78, 5) is 57.5. The summed E-state index contributed by atoms with van der Waals surface area (Å²) in [5.41, 5.74) is 6.34. The number of phenolic OH excluding ortho intramolecular Hbond substituents is 2. The summed E-state index contributed by atoms with van der Waals surface area (Å²) in [5.74, 6) is -5.18. The van der Waals surface area contributed by atoms with E-state index in [1.807, 2.05) is 51.1 Å². The number of aromatic amines is 1. The van der Waals surface area contributed by atoms with E-state index in [9.17, 15) is 39.4 Å². The number of nitrogens with zero attached hydrogens (tertiary/aromatic N) is 4. The molecule has 4 bridgehead atoms. The lowest BCUT2D eigenvalue weighted by Crippen LogP contribution is -2.46. The summed E-state index contributed by atoms with van der Waals surface area (Å²) in [6.45, 7) is 18.6. The number of phenols is 2. The molecular weight excluding hydrogens is 1060 g/mol. The van der Waals surface area contributed by atoms with E-state index in [0.29, 0.717) is 16.6 Å². The first-order chi connectivity index (χ1) is 38.3. The van der Waals surface area contributed by atoms with Crippen LogP contribution in [0.2, 0.25) is 0 Å². The number of pyridine rings is 2. The van der Waals surface area contributed by atoms with Gasteiger partial charge < -0.3 is 58.7 Å². The van der Waals surface area contributed by atoms with Gasteiger partial charge in [-0.2, -0.15) is 4.98 Å². The number of hydrogen-bond acceptors (Lipinski definition) is 17. The average molecular weight is 1130 g/mol. The van der Waals surface area contributed by atoms with Crippen molar-refractivity contribution in [2.45, 2.75) is 117 Å². The van der Waals surface area contributed by atoms with Gasteiger partial charge in [0, 0.05) is 102 Å². The Balaban J connectivity index is 0.000000297. The maximum absolute atomic E-state index is 14.6. The molecule has 20 nitrogen and oxygen atoms in total. The summed E-state index contributed by atoms with van der Waals surface area (Å²) in [6.07, 6.45) is 7.36. The normalized spacial score (nSPS) is 25.4. The molecule has 0 spiro atoms. The monoisotopic (exact) mass is 1130 g/mol. The molecule has 0 aliphatic carbocycles. The lowest BCUT2D eigenvalue weighted by Gasteiger charge is -2.38. The Labute approximate surface area is 472 Å². The number of methoxy groups -OCH3 is 3. The summed E-state index contributed by atoms with van der Waals surface area (Å²) in [7, 11) is 4.69. The lowest BCUT2D eigenvalue weighted by atomic mass is 9.78. The first-order valence-corrected chi connectivity index (χ1v) is 27.7. The van der Waals surface area contributed by atoms with Gasteiger partial charge in [-0.15, -0.1) is 0 Å². The van der Waals surface area contributed by atoms with Gasteiger partial charge in [0.1, 0.15) is 51.5 Å². The van der Waals surface area contributed by atoms with Crippen molar-refractivity contribution in [1.82, 2.24) is 24.3 Å². The van der Waals surface area contributed by atoms with E-state index >= 15 is 0 Å². The highest BCUT2D eigenvalue weighted by molar-refractivity contribution is 7.90. The predicted molar refractivity (Wildman–Crippen MR) is 306 cm³/mol.